The first-order valence-corrected chi connectivity index (χ1v) is 14.0. The van der Waals surface area contributed by atoms with Gasteiger partial charge in [0.2, 0.25) is 10.0 Å². The summed E-state index contributed by atoms with van der Waals surface area (Å²) >= 11 is 0. The van der Waals surface area contributed by atoms with Crippen LogP contribution in [0.2, 0.25) is 0 Å². The van der Waals surface area contributed by atoms with Gasteiger partial charge in [0.15, 0.2) is 0 Å². The third-order valence-corrected chi connectivity index (χ3v) is 9.58. The van der Waals surface area contributed by atoms with Crippen molar-refractivity contribution in [3.8, 4) is 16.9 Å². The molecular weight excluding hydrogens is 531 g/mol. The summed E-state index contributed by atoms with van der Waals surface area (Å²) in [6, 6.07) is 18.3. The van der Waals surface area contributed by atoms with E-state index >= 15 is 0 Å². The molecule has 0 spiro atoms. The van der Waals surface area contributed by atoms with Gasteiger partial charge in [-0.1, -0.05) is 42.5 Å². The summed E-state index contributed by atoms with van der Waals surface area (Å²) < 4.78 is 88.9. The van der Waals surface area contributed by atoms with Gasteiger partial charge in [0, 0.05) is 32.2 Å². The Labute approximate surface area is 213 Å². The number of fused-ring (bicyclic) bond motifs is 3. The third kappa shape index (κ3) is 5.96. The van der Waals surface area contributed by atoms with E-state index in [0.29, 0.717) is 5.56 Å². The van der Waals surface area contributed by atoms with Gasteiger partial charge in [-0.2, -0.15) is 4.31 Å². The maximum absolute atomic E-state index is 13.5. The normalized spacial score (nSPS) is 17.5. The number of β-amino-alcohol motifs (C(OH)–C–C–N with tert-alkyl or cyclic N) is 1. The highest BCUT2D eigenvalue weighted by molar-refractivity contribution is 7.91. The number of sulfonamides is 1. The van der Waals surface area contributed by atoms with Crippen LogP contribution in [0.15, 0.2) is 87.0 Å². The van der Waals surface area contributed by atoms with Crippen molar-refractivity contribution in [3.05, 3.63) is 78.4 Å². The van der Waals surface area contributed by atoms with Crippen LogP contribution >= 0.6 is 0 Å². The predicted octanol–water partition coefficient (Wildman–Crippen LogP) is 3.78. The lowest BCUT2D eigenvalue weighted by atomic mass is 9.99. The van der Waals surface area contributed by atoms with Crippen molar-refractivity contribution in [2.45, 2.75) is 28.8 Å². The molecule has 3 aromatic carbocycles. The summed E-state index contributed by atoms with van der Waals surface area (Å²) in [4.78, 5) is 0.190. The highest BCUT2D eigenvalue weighted by atomic mass is 32.2. The molecule has 2 N–H and O–H groups in total. The molecule has 0 radical (unpaired) electrons. The molecule has 1 aliphatic rings. The van der Waals surface area contributed by atoms with Gasteiger partial charge >= 0.3 is 6.36 Å². The van der Waals surface area contributed by atoms with Crippen LogP contribution in [0.5, 0.6) is 5.75 Å². The Balaban J connectivity index is 1.51. The van der Waals surface area contributed by atoms with Crippen LogP contribution in [-0.4, -0.2) is 54.6 Å². The second-order valence-corrected chi connectivity index (χ2v) is 12.3. The van der Waals surface area contributed by atoms with Crippen LogP contribution in [0.25, 0.3) is 11.1 Å². The zero-order chi connectivity index (χ0) is 26.8. The second kappa shape index (κ2) is 10.4. The Morgan fingerprint density at radius 1 is 1.05 bits per heavy atom. The minimum absolute atomic E-state index is 0.0262. The number of hydrogen-bond acceptors (Lipinski definition) is 6. The zero-order valence-corrected chi connectivity index (χ0v) is 21.2. The van der Waals surface area contributed by atoms with Gasteiger partial charge in [0.1, 0.15) is 15.7 Å². The Morgan fingerprint density at radius 3 is 2.32 bits per heavy atom. The van der Waals surface area contributed by atoms with E-state index in [1.165, 1.54) is 25.2 Å². The van der Waals surface area contributed by atoms with Crippen LogP contribution in [0.1, 0.15) is 5.56 Å². The van der Waals surface area contributed by atoms with E-state index in [0.717, 1.165) is 27.6 Å². The first kappa shape index (κ1) is 27.1. The number of halogens is 3. The average Bonchev–Trinajstić information content (AvgIpc) is 2.95. The molecule has 0 fully saturated rings. The monoisotopic (exact) mass is 555 g/mol. The van der Waals surface area contributed by atoms with E-state index in [-0.39, 0.29) is 29.4 Å². The molecule has 0 bridgehead atoms. The Kier molecular flexibility index (Phi) is 7.62. The molecule has 2 unspecified atom stereocenters. The highest BCUT2D eigenvalue weighted by Gasteiger charge is 2.33. The van der Waals surface area contributed by atoms with Gasteiger partial charge in [-0.15, -0.1) is 13.2 Å². The molecule has 4 rings (SSSR count). The second-order valence-electron chi connectivity index (χ2n) is 8.18. The van der Waals surface area contributed by atoms with Crippen LogP contribution in [0.4, 0.5) is 13.2 Å². The maximum atomic E-state index is 13.5. The molecule has 1 heterocycles. The molecule has 0 saturated heterocycles. The number of alkyl halides is 3. The van der Waals surface area contributed by atoms with E-state index in [9.17, 15) is 30.9 Å². The van der Waals surface area contributed by atoms with Gasteiger partial charge in [0.05, 0.1) is 15.9 Å². The Hall–Kier alpha value is -2.97. The average molecular weight is 556 g/mol. The van der Waals surface area contributed by atoms with Crippen LogP contribution < -0.4 is 9.46 Å². The largest absolute Gasteiger partial charge is 0.573 e. The van der Waals surface area contributed by atoms with E-state index < -0.39 is 38.2 Å². The third-order valence-electron chi connectivity index (χ3n) is 5.72. The van der Waals surface area contributed by atoms with Crippen molar-refractivity contribution in [1.82, 2.24) is 9.03 Å². The number of aliphatic hydroxyl groups is 1. The molecule has 3 aromatic rings. The lowest BCUT2D eigenvalue weighted by molar-refractivity contribution is -0.274. The lowest BCUT2D eigenvalue weighted by Gasteiger charge is -2.24. The number of nitrogens with one attached hydrogen (secondary N) is 1. The summed E-state index contributed by atoms with van der Waals surface area (Å²) in [6.07, 6.45) is -6.14. The van der Waals surface area contributed by atoms with Crippen molar-refractivity contribution in [3.63, 3.8) is 0 Å². The number of rotatable bonds is 7. The number of nitrogens with zero attached hydrogens (tertiary/aromatic N) is 2. The Morgan fingerprint density at radius 2 is 1.68 bits per heavy atom. The van der Waals surface area contributed by atoms with E-state index in [1.807, 2.05) is 18.2 Å². The van der Waals surface area contributed by atoms with Crippen molar-refractivity contribution >= 4 is 19.9 Å². The predicted molar refractivity (Wildman–Crippen MR) is 131 cm³/mol. The molecule has 0 aliphatic carbocycles. The van der Waals surface area contributed by atoms with Crippen molar-refractivity contribution in [1.29, 1.82) is 0 Å². The molecule has 0 aromatic heterocycles. The summed E-state index contributed by atoms with van der Waals surface area (Å²) in [5, 5.41) is 10.7. The zero-order valence-electron chi connectivity index (χ0n) is 19.6. The van der Waals surface area contributed by atoms with E-state index in [1.54, 1.807) is 24.3 Å². The van der Waals surface area contributed by atoms with E-state index in [2.05, 4.69) is 13.8 Å². The van der Waals surface area contributed by atoms with Crippen molar-refractivity contribution in [2.24, 2.45) is 4.36 Å². The number of hydrogen-bond donors (Lipinski definition) is 2. The van der Waals surface area contributed by atoms with Crippen LogP contribution in [0, 0.1) is 0 Å². The molecule has 37 heavy (non-hydrogen) atoms. The first-order valence-electron chi connectivity index (χ1n) is 11.0. The minimum Gasteiger partial charge on any atom is -0.406 e. The smallest absolute Gasteiger partial charge is 0.406 e. The van der Waals surface area contributed by atoms with Gasteiger partial charge in [0.25, 0.3) is 0 Å². The van der Waals surface area contributed by atoms with Gasteiger partial charge in [-0.25, -0.2) is 21.7 Å². The molecule has 1 aliphatic heterocycles. The number of aliphatic hydroxyl groups excluding tert-OH is 1. The summed E-state index contributed by atoms with van der Waals surface area (Å²) in [7, 11) is -6.03. The molecule has 13 heteroatoms. The number of ether oxygens (including phenoxy) is 1. The quantitative estimate of drug-likeness (QED) is 0.462. The molecule has 198 valence electrons. The van der Waals surface area contributed by atoms with Crippen molar-refractivity contribution in [2.75, 3.05) is 20.1 Å². The number of benzene rings is 3. The minimum atomic E-state index is -4.87. The van der Waals surface area contributed by atoms with Gasteiger partial charge in [-0.3, -0.25) is 0 Å². The molecular formula is C24H24F3N3O5S2. The molecule has 2 atom stereocenters. The maximum Gasteiger partial charge on any atom is 0.573 e. The lowest BCUT2D eigenvalue weighted by Crippen LogP contribution is -2.42. The highest BCUT2D eigenvalue weighted by Crippen LogP contribution is 2.36. The molecule has 8 nitrogen and oxygen atoms in total. The van der Waals surface area contributed by atoms with E-state index in [4.69, 9.17) is 0 Å². The first-order chi connectivity index (χ1) is 17.4. The molecule has 0 amide bonds. The van der Waals surface area contributed by atoms with Crippen LogP contribution in [-0.2, 0) is 26.5 Å². The topological polar surface area (TPSA) is 108 Å². The van der Waals surface area contributed by atoms with Crippen molar-refractivity contribution < 1.29 is 35.6 Å². The summed E-state index contributed by atoms with van der Waals surface area (Å²) in [5.74, 6) is -0.485. The summed E-state index contributed by atoms with van der Waals surface area (Å²) in [5.41, 5.74) is 2.12. The Bertz CT molecular complexity index is 1500. The van der Waals surface area contributed by atoms with Gasteiger partial charge < -0.3 is 9.84 Å². The molecule has 0 saturated carbocycles. The SMILES string of the molecule is CN=S(=O)(NCC(O)CN1Cc2ccccc2-c2ccccc2S1(=O)=O)c1ccc(OC(F)(F)F)cc1. The standard InChI is InChI=1S/C24H24F3N3O5S2/c1-28-36(32,20-12-10-19(11-13-20)35-24(25,26)27)29-14-18(31)16-30-15-17-6-2-3-7-21(17)22-8-4-5-9-23(22)37(30,33)34/h2-13,18,31H,14-16H2,1H3,(H,28,29,32). The summed E-state index contributed by atoms with van der Waals surface area (Å²) in [6.45, 7) is -0.569. The van der Waals surface area contributed by atoms with Gasteiger partial charge in [-0.05, 0) is 41.5 Å². The van der Waals surface area contributed by atoms with Crippen LogP contribution in [0.3, 0.4) is 0 Å². The fraction of sp³-hybridized carbons (Fsp3) is 0.250. The fourth-order valence-corrected chi connectivity index (χ4v) is 7.09. The fourth-order valence-electron chi connectivity index (χ4n) is 4.00.